The average Bonchev–Trinajstić information content (AvgIpc) is 1.88. The standard InChI is InChI=1S/C83H149N5O17/c1-5-8-11-14-17-20-23-26-29-32-35-38-41-46-51-57-78(92)98-68-74(104-80(94)59-53-47-42-39-36-33-30-27-24-21-18-15-12-9-6-2)70-102-82(96)100-66-73(89)67-101-83(97)103-71-75(105-81(95)60-54-48-43-40-37-34-31-28-25-22-19-16-13-10-7-3)69-99-79(93)58-52-49-44-45-50-56-77(91)85-63-55-64-88-65-72(86-87-88)61-62-76(90)84-4/h26-31,65,73-75,82-83,89,96-97H,5-25,32-64,66-71H2,1-4H3,(H,84,90)(H,85,91)/b29-26-,30-27-,31-28-/t73?,74-,75-,82?,83?/m1/s1. The predicted octanol–water partition coefficient (Wildman–Crippen LogP) is 17.2. The van der Waals surface area contributed by atoms with E-state index in [9.17, 15) is 44.1 Å². The minimum absolute atomic E-state index is 0.0290. The highest BCUT2D eigenvalue weighted by molar-refractivity contribution is 5.76. The SMILES string of the molecule is CCCCCCCC/C=C\CCCCCCCC(=O)OC[C@H](COC(O)OCC(O)COC(O)OC[C@@H](COC(=O)CCCCCCCC(=O)NCCCn1cc(CCC(=O)NC)nn1)OC(=O)CCCCCCC/C=C\CCCCCCCC)OC(=O)CCCCCCC/C=C\CCCCCCCC. The van der Waals surface area contributed by atoms with Crippen molar-refractivity contribution in [2.45, 2.75) is 392 Å². The maximum absolute atomic E-state index is 13.1. The number of hydrogen-bond acceptors (Lipinski definition) is 19. The molecule has 0 radical (unpaired) electrons. The van der Waals surface area contributed by atoms with E-state index in [0.717, 1.165) is 141 Å². The van der Waals surface area contributed by atoms with Gasteiger partial charge in [0.15, 0.2) is 12.2 Å². The summed E-state index contributed by atoms with van der Waals surface area (Å²) in [5.74, 6) is -1.98. The van der Waals surface area contributed by atoms with E-state index in [-0.39, 0.29) is 57.3 Å². The van der Waals surface area contributed by atoms with Crippen molar-refractivity contribution in [3.8, 4) is 0 Å². The van der Waals surface area contributed by atoms with Crippen LogP contribution in [0.2, 0.25) is 0 Å². The number of allylic oxidation sites excluding steroid dienone is 6. The number of aliphatic hydroxyl groups excluding tert-OH is 3. The van der Waals surface area contributed by atoms with Gasteiger partial charge in [-0.1, -0.05) is 236 Å². The highest BCUT2D eigenvalue weighted by Gasteiger charge is 2.23. The van der Waals surface area contributed by atoms with Gasteiger partial charge in [-0.3, -0.25) is 33.4 Å². The molecule has 2 amide bonds. The van der Waals surface area contributed by atoms with E-state index in [4.69, 9.17) is 37.9 Å². The van der Waals surface area contributed by atoms with Gasteiger partial charge in [-0.05, 0) is 116 Å². The fourth-order valence-corrected chi connectivity index (χ4v) is 11.7. The van der Waals surface area contributed by atoms with Crippen LogP contribution in [0, 0.1) is 0 Å². The summed E-state index contributed by atoms with van der Waals surface area (Å²) in [6.07, 6.45) is 62.3. The third-order valence-electron chi connectivity index (χ3n) is 18.2. The third-order valence-corrected chi connectivity index (χ3v) is 18.2. The second-order valence-corrected chi connectivity index (χ2v) is 28.3. The minimum Gasteiger partial charge on any atom is -0.462 e. The molecule has 5 atom stereocenters. The van der Waals surface area contributed by atoms with Gasteiger partial charge in [0.25, 0.3) is 13.0 Å². The number of nitrogens with zero attached hydrogens (tertiary/aromatic N) is 3. The van der Waals surface area contributed by atoms with Crippen molar-refractivity contribution in [2.75, 3.05) is 53.2 Å². The van der Waals surface area contributed by atoms with Gasteiger partial charge in [-0.25, -0.2) is 0 Å². The number of carbonyl (C=O) groups excluding carboxylic acids is 6. The first kappa shape index (κ1) is 97.9. The molecule has 1 aromatic rings. The average molecular weight is 1490 g/mol. The van der Waals surface area contributed by atoms with E-state index in [0.29, 0.717) is 70.9 Å². The monoisotopic (exact) mass is 1490 g/mol. The van der Waals surface area contributed by atoms with Gasteiger partial charge in [0.2, 0.25) is 11.8 Å². The summed E-state index contributed by atoms with van der Waals surface area (Å²) in [4.78, 5) is 75.8. The fourth-order valence-electron chi connectivity index (χ4n) is 11.7. The molecule has 22 heteroatoms. The smallest absolute Gasteiger partial charge is 0.306 e. The van der Waals surface area contributed by atoms with E-state index in [1.54, 1.807) is 11.7 Å². The lowest BCUT2D eigenvalue weighted by molar-refractivity contribution is -0.295. The van der Waals surface area contributed by atoms with Crippen LogP contribution in [0.1, 0.15) is 354 Å². The zero-order chi connectivity index (χ0) is 76.4. The van der Waals surface area contributed by atoms with E-state index in [2.05, 4.69) is 78.2 Å². The molecule has 0 fully saturated rings. The molecule has 0 aliphatic rings. The Morgan fingerprint density at radius 3 is 1.08 bits per heavy atom. The van der Waals surface area contributed by atoms with Gasteiger partial charge in [0.05, 0.1) is 32.1 Å². The van der Waals surface area contributed by atoms with Crippen LogP contribution in [0.25, 0.3) is 0 Å². The Kier molecular flexibility index (Phi) is 69.3. The van der Waals surface area contributed by atoms with Crippen LogP contribution in [0.4, 0.5) is 0 Å². The summed E-state index contributed by atoms with van der Waals surface area (Å²) in [6, 6.07) is 0. The van der Waals surface area contributed by atoms with Gasteiger partial charge in [0, 0.05) is 71.3 Å². The van der Waals surface area contributed by atoms with Crippen LogP contribution in [-0.4, -0.2) is 151 Å². The summed E-state index contributed by atoms with van der Waals surface area (Å²) in [7, 11) is 1.60. The van der Waals surface area contributed by atoms with Gasteiger partial charge < -0.3 is 63.8 Å². The molecular weight excluding hydrogens is 1340 g/mol. The first-order valence-corrected chi connectivity index (χ1v) is 41.8. The van der Waals surface area contributed by atoms with Gasteiger partial charge >= 0.3 is 23.9 Å². The van der Waals surface area contributed by atoms with E-state index in [1.165, 1.54) is 116 Å². The summed E-state index contributed by atoms with van der Waals surface area (Å²) in [5, 5.41) is 45.6. The largest absolute Gasteiger partial charge is 0.462 e. The van der Waals surface area contributed by atoms with Crippen molar-refractivity contribution >= 4 is 35.7 Å². The molecule has 608 valence electrons. The van der Waals surface area contributed by atoms with Crippen molar-refractivity contribution in [1.29, 1.82) is 0 Å². The Bertz CT molecular complexity index is 2300. The summed E-state index contributed by atoms with van der Waals surface area (Å²) < 4.78 is 45.6. The highest BCUT2D eigenvalue weighted by atomic mass is 16.8. The Morgan fingerprint density at radius 1 is 0.390 bits per heavy atom. The minimum atomic E-state index is -1.90. The van der Waals surface area contributed by atoms with E-state index < -0.39 is 75.0 Å². The number of aliphatic hydroxyl groups is 3. The topological polar surface area (TPSA) is 292 Å². The maximum Gasteiger partial charge on any atom is 0.306 e. The molecule has 3 unspecified atom stereocenters. The van der Waals surface area contributed by atoms with Crippen molar-refractivity contribution in [3.63, 3.8) is 0 Å². The molecule has 0 saturated carbocycles. The van der Waals surface area contributed by atoms with Crippen LogP contribution in [0.5, 0.6) is 0 Å². The lowest BCUT2D eigenvalue weighted by Gasteiger charge is -2.22. The summed E-state index contributed by atoms with van der Waals surface area (Å²) in [6.45, 7) is 1.61. The number of rotatable bonds is 78. The molecular formula is C83H149N5O17. The molecule has 1 heterocycles. The number of unbranched alkanes of at least 4 members (excludes halogenated alkanes) is 37. The molecule has 22 nitrogen and oxygen atoms in total. The van der Waals surface area contributed by atoms with E-state index >= 15 is 0 Å². The zero-order valence-electron chi connectivity index (χ0n) is 66.3. The number of aryl methyl sites for hydroxylation is 2. The van der Waals surface area contributed by atoms with Gasteiger partial charge in [0.1, 0.15) is 19.3 Å². The van der Waals surface area contributed by atoms with Crippen LogP contribution < -0.4 is 10.6 Å². The van der Waals surface area contributed by atoms with Crippen LogP contribution >= 0.6 is 0 Å². The molecule has 0 saturated heterocycles. The number of nitrogens with one attached hydrogen (secondary N) is 2. The molecule has 0 aliphatic heterocycles. The molecule has 0 bridgehead atoms. The van der Waals surface area contributed by atoms with Gasteiger partial charge in [-0.2, -0.15) is 0 Å². The van der Waals surface area contributed by atoms with Gasteiger partial charge in [-0.15, -0.1) is 5.10 Å². The molecule has 0 aromatic carbocycles. The quantitative estimate of drug-likeness (QED) is 0.0133. The van der Waals surface area contributed by atoms with Crippen molar-refractivity contribution < 1.29 is 82.0 Å². The molecule has 1 rings (SSSR count). The van der Waals surface area contributed by atoms with Crippen molar-refractivity contribution in [1.82, 2.24) is 25.6 Å². The molecule has 1 aromatic heterocycles. The van der Waals surface area contributed by atoms with Crippen LogP contribution in [0.3, 0.4) is 0 Å². The number of aromatic nitrogens is 3. The maximum atomic E-state index is 13.1. The second-order valence-electron chi connectivity index (χ2n) is 28.3. The first-order chi connectivity index (χ1) is 51.3. The summed E-state index contributed by atoms with van der Waals surface area (Å²) in [5.41, 5.74) is 0.740. The highest BCUT2D eigenvalue weighted by Crippen LogP contribution is 2.17. The third kappa shape index (κ3) is 68.0. The number of carbonyl (C=O) groups is 6. The fraction of sp³-hybridized carbons (Fsp3) is 0.831. The Balaban J connectivity index is 2.67. The van der Waals surface area contributed by atoms with Crippen molar-refractivity contribution in [3.05, 3.63) is 48.3 Å². The summed E-state index contributed by atoms with van der Waals surface area (Å²) >= 11 is 0. The lowest BCUT2D eigenvalue weighted by Crippen LogP contribution is -2.35. The normalized spacial score (nSPS) is 13.2. The molecule has 0 spiro atoms. The molecule has 5 N–H and O–H groups in total. The predicted molar refractivity (Wildman–Crippen MR) is 414 cm³/mol. The van der Waals surface area contributed by atoms with Crippen LogP contribution in [-0.2, 0) is 79.6 Å². The van der Waals surface area contributed by atoms with Crippen molar-refractivity contribution in [2.24, 2.45) is 0 Å². The zero-order valence-corrected chi connectivity index (χ0v) is 66.3. The first-order valence-electron chi connectivity index (χ1n) is 41.8. The number of esters is 4. The Morgan fingerprint density at radius 2 is 0.714 bits per heavy atom. The number of ether oxygens (including phenoxy) is 8. The van der Waals surface area contributed by atoms with Crippen LogP contribution in [0.15, 0.2) is 42.7 Å². The Hall–Kier alpha value is -5.10. The molecule has 0 aliphatic carbocycles. The Labute approximate surface area is 634 Å². The lowest BCUT2D eigenvalue weighted by atomic mass is 10.1. The second kappa shape index (κ2) is 74.4. The molecule has 105 heavy (non-hydrogen) atoms. The van der Waals surface area contributed by atoms with E-state index in [1.807, 2.05) is 6.20 Å². The number of amides is 2. The number of hydrogen-bond donors (Lipinski definition) is 5.